The van der Waals surface area contributed by atoms with E-state index in [1.165, 1.54) is 0 Å². The minimum Gasteiger partial charge on any atom is -0.298 e. The maximum atomic E-state index is 13.7. The fourth-order valence-electron chi connectivity index (χ4n) is 5.93. The smallest absolute Gasteiger partial charge is 0.155 e. The monoisotopic (exact) mass is 435 g/mol. The van der Waals surface area contributed by atoms with Crippen LogP contribution in [0.15, 0.2) is 53.7 Å². The molecular formula is C26H26ClNO3. The number of carbonyl (C=O) groups excluding carboxylic acids is 2. The van der Waals surface area contributed by atoms with E-state index in [1.807, 2.05) is 30.3 Å². The van der Waals surface area contributed by atoms with E-state index >= 15 is 0 Å². The quantitative estimate of drug-likeness (QED) is 0.514. The first-order chi connectivity index (χ1) is 15.0. The summed E-state index contributed by atoms with van der Waals surface area (Å²) in [4.78, 5) is 32.5. The number of carbonyl (C=O) groups is 2. The molecule has 0 saturated heterocycles. The molecule has 0 aliphatic heterocycles. The first-order valence-electron chi connectivity index (χ1n) is 11.0. The van der Waals surface area contributed by atoms with Gasteiger partial charge in [0.1, 0.15) is 5.92 Å². The zero-order valence-corrected chi connectivity index (χ0v) is 18.5. The first-order valence-corrected chi connectivity index (χ1v) is 11.4. The Morgan fingerprint density at radius 2 is 1.81 bits per heavy atom. The van der Waals surface area contributed by atoms with Gasteiger partial charge in [0.15, 0.2) is 11.6 Å². The molecule has 0 spiro atoms. The van der Waals surface area contributed by atoms with Gasteiger partial charge in [0.2, 0.25) is 0 Å². The number of hydrogen-bond donors (Lipinski definition) is 1. The molecule has 2 saturated carbocycles. The molecule has 2 aromatic carbocycles. The van der Waals surface area contributed by atoms with Gasteiger partial charge < -0.3 is 0 Å². The Morgan fingerprint density at radius 3 is 2.52 bits per heavy atom. The number of rotatable bonds is 5. The van der Waals surface area contributed by atoms with Gasteiger partial charge in [-0.25, -0.2) is 0 Å². The lowest BCUT2D eigenvalue weighted by atomic mass is 9.64. The third-order valence-electron chi connectivity index (χ3n) is 7.33. The number of hydrogen-bond acceptors (Lipinski definition) is 4. The van der Waals surface area contributed by atoms with Crippen molar-refractivity contribution in [2.45, 2.75) is 38.5 Å². The molecule has 2 bridgehead atoms. The van der Waals surface area contributed by atoms with Gasteiger partial charge in [-0.3, -0.25) is 19.9 Å². The van der Waals surface area contributed by atoms with Crippen molar-refractivity contribution < 1.29 is 14.4 Å². The molecule has 1 N–H and O–H groups in total. The standard InChI is InChI=1S/C26H26ClNO3/c1-3-14-4-5-16(15-6-9-18(27)10-7-15)12-20(14)24-25(29)22-17-8-11-19(23(22)26(24)30)21(13-17)28-31-2/h4-7,9-10,12,17,22-24,28H,3,8,11,13H2,1-2H3/t17-,22+,23-,24?/m1/s1. The van der Waals surface area contributed by atoms with Crippen molar-refractivity contribution in [2.24, 2.45) is 17.8 Å². The fourth-order valence-corrected chi connectivity index (χ4v) is 6.05. The highest BCUT2D eigenvalue weighted by Crippen LogP contribution is 2.55. The normalized spacial score (nSPS) is 27.1. The molecule has 160 valence electrons. The Hall–Kier alpha value is -2.43. The molecule has 4 nitrogen and oxygen atoms in total. The summed E-state index contributed by atoms with van der Waals surface area (Å²) in [5, 5.41) is 0.684. The highest BCUT2D eigenvalue weighted by Gasteiger charge is 2.58. The maximum absolute atomic E-state index is 13.7. The molecule has 4 aliphatic rings. The minimum atomic E-state index is -0.672. The van der Waals surface area contributed by atoms with Crippen LogP contribution < -0.4 is 5.48 Å². The van der Waals surface area contributed by atoms with Gasteiger partial charge in [-0.15, -0.1) is 0 Å². The number of nitrogens with one attached hydrogen (secondary N) is 1. The van der Waals surface area contributed by atoms with Crippen molar-refractivity contribution in [3.63, 3.8) is 0 Å². The molecule has 0 radical (unpaired) electrons. The average Bonchev–Trinajstić information content (AvgIpc) is 3.06. The predicted octanol–water partition coefficient (Wildman–Crippen LogP) is 5.26. The Bertz CT molecular complexity index is 1090. The topological polar surface area (TPSA) is 55.4 Å². The van der Waals surface area contributed by atoms with Crippen LogP contribution in [0.25, 0.3) is 11.1 Å². The second kappa shape index (κ2) is 7.92. The van der Waals surface area contributed by atoms with Crippen LogP contribution in [-0.4, -0.2) is 18.7 Å². The third kappa shape index (κ3) is 3.24. The molecule has 4 atom stereocenters. The van der Waals surface area contributed by atoms with Crippen molar-refractivity contribution in [1.82, 2.24) is 5.48 Å². The van der Waals surface area contributed by atoms with Crippen LogP contribution in [0.3, 0.4) is 0 Å². The van der Waals surface area contributed by atoms with E-state index in [0.717, 1.165) is 59.2 Å². The van der Waals surface area contributed by atoms with Gasteiger partial charge >= 0.3 is 0 Å². The predicted molar refractivity (Wildman–Crippen MR) is 121 cm³/mol. The Labute approximate surface area is 187 Å². The van der Waals surface area contributed by atoms with E-state index < -0.39 is 5.92 Å². The molecule has 0 amide bonds. The van der Waals surface area contributed by atoms with Crippen LogP contribution in [0.5, 0.6) is 0 Å². The molecule has 31 heavy (non-hydrogen) atoms. The van der Waals surface area contributed by atoms with Crippen LogP contribution in [0.4, 0.5) is 0 Å². The summed E-state index contributed by atoms with van der Waals surface area (Å²) in [6.45, 7) is 2.07. The molecule has 0 heterocycles. The molecular weight excluding hydrogens is 410 g/mol. The van der Waals surface area contributed by atoms with Gasteiger partial charge in [0.05, 0.1) is 13.0 Å². The highest BCUT2D eigenvalue weighted by atomic mass is 35.5. The average molecular weight is 436 g/mol. The number of aryl methyl sites for hydroxylation is 1. The third-order valence-corrected chi connectivity index (χ3v) is 7.58. The Morgan fingerprint density at radius 1 is 1.06 bits per heavy atom. The van der Waals surface area contributed by atoms with Crippen molar-refractivity contribution in [2.75, 3.05) is 7.11 Å². The molecule has 0 aromatic heterocycles. The van der Waals surface area contributed by atoms with E-state index in [0.29, 0.717) is 5.02 Å². The van der Waals surface area contributed by atoms with Crippen LogP contribution in [0, 0.1) is 17.8 Å². The number of Topliss-reactive ketones (excluding diaryl/α,β-unsaturated/α-hetero) is 2. The van der Waals surface area contributed by atoms with Crippen LogP contribution in [-0.2, 0) is 20.8 Å². The number of ketones is 2. The number of fused-ring (bicyclic) bond motifs is 2. The van der Waals surface area contributed by atoms with Crippen molar-refractivity contribution >= 4 is 23.2 Å². The lowest BCUT2D eigenvalue weighted by Gasteiger charge is -2.41. The van der Waals surface area contributed by atoms with Crippen LogP contribution in [0.2, 0.25) is 5.02 Å². The molecule has 2 aromatic rings. The Balaban J connectivity index is 1.58. The van der Waals surface area contributed by atoms with Crippen molar-refractivity contribution in [3.05, 3.63) is 69.9 Å². The van der Waals surface area contributed by atoms with E-state index in [-0.39, 0.29) is 29.3 Å². The SMILES string of the molecule is CCc1ccc(-c2ccc(Cl)cc2)cc1C1C(=O)[C@@H]2C3=C(NOC)C[C@@H](CC3)[C@@H]2C1=O. The van der Waals surface area contributed by atoms with Crippen molar-refractivity contribution in [3.8, 4) is 11.1 Å². The number of hydroxylamine groups is 1. The zero-order valence-electron chi connectivity index (χ0n) is 17.8. The second-order valence-corrected chi connectivity index (χ2v) is 9.26. The van der Waals surface area contributed by atoms with Gasteiger partial charge in [0, 0.05) is 16.6 Å². The largest absolute Gasteiger partial charge is 0.298 e. The maximum Gasteiger partial charge on any atom is 0.155 e. The number of halogens is 1. The van der Waals surface area contributed by atoms with Gasteiger partial charge in [0.25, 0.3) is 0 Å². The van der Waals surface area contributed by atoms with Gasteiger partial charge in [-0.1, -0.05) is 42.8 Å². The van der Waals surface area contributed by atoms with Crippen molar-refractivity contribution in [1.29, 1.82) is 0 Å². The lowest BCUT2D eigenvalue weighted by Crippen LogP contribution is -2.40. The molecule has 1 unspecified atom stereocenters. The number of allylic oxidation sites excluding steroid dienone is 2. The Kier molecular flexibility index (Phi) is 5.23. The molecule has 2 fully saturated rings. The summed E-state index contributed by atoms with van der Waals surface area (Å²) in [5.74, 6) is -0.774. The summed E-state index contributed by atoms with van der Waals surface area (Å²) in [6, 6.07) is 13.8. The minimum absolute atomic E-state index is 0.0627. The first kappa shape index (κ1) is 20.5. The van der Waals surface area contributed by atoms with Crippen LogP contribution in [0.1, 0.15) is 43.2 Å². The summed E-state index contributed by atoms with van der Waals surface area (Å²) < 4.78 is 0. The van der Waals surface area contributed by atoms with Gasteiger partial charge in [-0.05, 0) is 77.6 Å². The van der Waals surface area contributed by atoms with E-state index in [9.17, 15) is 9.59 Å². The molecule has 5 heteroatoms. The van der Waals surface area contributed by atoms with E-state index in [2.05, 4.69) is 24.5 Å². The molecule has 6 rings (SSSR count). The van der Waals surface area contributed by atoms with Gasteiger partial charge in [-0.2, -0.15) is 0 Å². The fraction of sp³-hybridized carbons (Fsp3) is 0.385. The van der Waals surface area contributed by atoms with Crippen LogP contribution >= 0.6 is 11.6 Å². The second-order valence-electron chi connectivity index (χ2n) is 8.83. The highest BCUT2D eigenvalue weighted by molar-refractivity contribution is 6.30. The summed E-state index contributed by atoms with van der Waals surface area (Å²) in [7, 11) is 1.59. The zero-order chi connectivity index (χ0) is 21.7. The molecule has 4 aliphatic carbocycles. The van der Waals surface area contributed by atoms with E-state index in [4.69, 9.17) is 16.4 Å². The summed E-state index contributed by atoms with van der Waals surface area (Å²) >= 11 is 6.05. The van der Waals surface area contributed by atoms with E-state index in [1.54, 1.807) is 7.11 Å². The summed E-state index contributed by atoms with van der Waals surface area (Å²) in [5.41, 5.74) is 9.05. The number of benzene rings is 2. The lowest BCUT2D eigenvalue weighted by molar-refractivity contribution is -0.125. The summed E-state index contributed by atoms with van der Waals surface area (Å²) in [6.07, 6.45) is 3.42.